The Kier molecular flexibility index (Phi) is 10.5. The molecule has 0 unspecified atom stereocenters. The number of carbonyl (C=O) groups is 1. The van der Waals surface area contributed by atoms with E-state index in [1.54, 1.807) is 21.3 Å². The number of unbranched alkanes of at least 4 members (excludes halogenated alkanes) is 5. The van der Waals surface area contributed by atoms with Gasteiger partial charge in [0.25, 0.3) is 0 Å². The largest absolute Gasteiger partial charge is 0.493 e. The van der Waals surface area contributed by atoms with E-state index in [9.17, 15) is 4.79 Å². The molecular formula is C20H32O5. The molecule has 0 bridgehead atoms. The summed E-state index contributed by atoms with van der Waals surface area (Å²) in [6.07, 6.45) is 8.18. The highest BCUT2D eigenvalue weighted by atomic mass is 16.5. The Bertz CT molecular complexity index is 488. The van der Waals surface area contributed by atoms with Crippen LogP contribution < -0.4 is 14.2 Å². The Morgan fingerprint density at radius 2 is 1.40 bits per heavy atom. The number of carbonyl (C=O) groups excluding carboxylic acids is 1. The predicted octanol–water partition coefficient (Wildman–Crippen LogP) is 4.55. The van der Waals surface area contributed by atoms with Crippen molar-refractivity contribution in [3.8, 4) is 17.2 Å². The van der Waals surface area contributed by atoms with Crippen LogP contribution in [0.4, 0.5) is 0 Å². The number of methoxy groups -OCH3 is 3. The van der Waals surface area contributed by atoms with Crippen molar-refractivity contribution in [2.24, 2.45) is 0 Å². The first-order valence-electron chi connectivity index (χ1n) is 9.10. The molecule has 0 fully saturated rings. The molecule has 0 saturated carbocycles. The van der Waals surface area contributed by atoms with E-state index in [2.05, 4.69) is 0 Å². The zero-order valence-electron chi connectivity index (χ0n) is 16.1. The fraction of sp³-hybridized carbons (Fsp3) is 0.650. The summed E-state index contributed by atoms with van der Waals surface area (Å²) in [5, 5.41) is 0. The van der Waals surface area contributed by atoms with Crippen molar-refractivity contribution in [3.05, 3.63) is 17.7 Å². The molecule has 1 aromatic carbocycles. The molecule has 0 aromatic heterocycles. The fourth-order valence-corrected chi connectivity index (χ4v) is 2.82. The Morgan fingerprint density at radius 1 is 0.840 bits per heavy atom. The third kappa shape index (κ3) is 7.67. The minimum atomic E-state index is -0.0788. The maximum atomic E-state index is 11.2. The van der Waals surface area contributed by atoms with E-state index in [1.807, 2.05) is 19.1 Å². The monoisotopic (exact) mass is 352 g/mol. The topological polar surface area (TPSA) is 54.0 Å². The van der Waals surface area contributed by atoms with Gasteiger partial charge in [-0.2, -0.15) is 0 Å². The molecular weight excluding hydrogens is 320 g/mol. The molecule has 0 spiro atoms. The summed E-state index contributed by atoms with van der Waals surface area (Å²) >= 11 is 0. The summed E-state index contributed by atoms with van der Waals surface area (Å²) in [7, 11) is 4.89. The van der Waals surface area contributed by atoms with Gasteiger partial charge in [-0.1, -0.05) is 25.7 Å². The van der Waals surface area contributed by atoms with Gasteiger partial charge in [-0.3, -0.25) is 4.79 Å². The Hall–Kier alpha value is -1.91. The van der Waals surface area contributed by atoms with Gasteiger partial charge in [0.2, 0.25) is 5.75 Å². The molecule has 0 heterocycles. The second kappa shape index (κ2) is 12.5. The van der Waals surface area contributed by atoms with Crippen LogP contribution in [-0.2, 0) is 16.0 Å². The third-order valence-corrected chi connectivity index (χ3v) is 4.13. The lowest BCUT2D eigenvalue weighted by Crippen LogP contribution is -2.03. The average Bonchev–Trinajstić information content (AvgIpc) is 2.63. The number of aryl methyl sites for hydroxylation is 1. The lowest BCUT2D eigenvalue weighted by molar-refractivity contribution is -0.143. The van der Waals surface area contributed by atoms with E-state index in [-0.39, 0.29) is 5.97 Å². The van der Waals surface area contributed by atoms with Crippen LogP contribution in [0.25, 0.3) is 0 Å². The SMILES string of the molecule is CCOC(=O)CCCCCCCCc1cc(OC)c(OC)c(OC)c1. The highest BCUT2D eigenvalue weighted by Crippen LogP contribution is 2.38. The van der Waals surface area contributed by atoms with Crippen molar-refractivity contribution in [1.29, 1.82) is 0 Å². The van der Waals surface area contributed by atoms with Crippen molar-refractivity contribution in [2.75, 3.05) is 27.9 Å². The molecule has 0 amide bonds. The standard InChI is InChI=1S/C20H32O5/c1-5-25-19(21)13-11-9-7-6-8-10-12-16-14-17(22-2)20(24-4)18(15-16)23-3/h14-15H,5-13H2,1-4H3. The van der Waals surface area contributed by atoms with E-state index >= 15 is 0 Å². The van der Waals surface area contributed by atoms with Gasteiger partial charge in [0, 0.05) is 6.42 Å². The van der Waals surface area contributed by atoms with E-state index in [0.717, 1.165) is 32.1 Å². The Balaban J connectivity index is 2.27. The molecule has 142 valence electrons. The van der Waals surface area contributed by atoms with Crippen molar-refractivity contribution in [1.82, 2.24) is 0 Å². The van der Waals surface area contributed by atoms with Crippen LogP contribution in [0.15, 0.2) is 12.1 Å². The molecule has 5 nitrogen and oxygen atoms in total. The van der Waals surface area contributed by atoms with E-state index in [1.165, 1.54) is 18.4 Å². The molecule has 25 heavy (non-hydrogen) atoms. The van der Waals surface area contributed by atoms with Gasteiger partial charge in [0.15, 0.2) is 11.5 Å². The van der Waals surface area contributed by atoms with Gasteiger partial charge in [-0.05, 0) is 43.9 Å². The number of ether oxygens (including phenoxy) is 4. The third-order valence-electron chi connectivity index (χ3n) is 4.13. The zero-order chi connectivity index (χ0) is 18.5. The van der Waals surface area contributed by atoms with E-state index < -0.39 is 0 Å². The molecule has 5 heteroatoms. The second-order valence-electron chi connectivity index (χ2n) is 5.96. The number of hydrogen-bond donors (Lipinski definition) is 0. The quantitative estimate of drug-likeness (QED) is 0.385. The van der Waals surface area contributed by atoms with Gasteiger partial charge in [-0.15, -0.1) is 0 Å². The minimum absolute atomic E-state index is 0.0788. The highest BCUT2D eigenvalue weighted by Gasteiger charge is 2.12. The summed E-state index contributed by atoms with van der Waals surface area (Å²) in [5.74, 6) is 1.96. The van der Waals surface area contributed by atoms with Crippen LogP contribution in [0.5, 0.6) is 17.2 Å². The van der Waals surface area contributed by atoms with Crippen molar-refractivity contribution < 1.29 is 23.7 Å². The molecule has 0 saturated heterocycles. The van der Waals surface area contributed by atoms with Gasteiger partial charge in [-0.25, -0.2) is 0 Å². The van der Waals surface area contributed by atoms with Crippen LogP contribution in [0.2, 0.25) is 0 Å². The maximum Gasteiger partial charge on any atom is 0.305 e. The molecule has 0 aliphatic heterocycles. The normalized spacial score (nSPS) is 10.4. The molecule has 0 atom stereocenters. The average molecular weight is 352 g/mol. The van der Waals surface area contributed by atoms with Crippen molar-refractivity contribution >= 4 is 5.97 Å². The molecule has 1 aromatic rings. The van der Waals surface area contributed by atoms with Gasteiger partial charge in [0.05, 0.1) is 27.9 Å². The summed E-state index contributed by atoms with van der Waals surface area (Å²) in [6.45, 7) is 2.31. The molecule has 0 N–H and O–H groups in total. The number of benzene rings is 1. The van der Waals surface area contributed by atoms with E-state index in [0.29, 0.717) is 30.3 Å². The molecule has 0 aliphatic rings. The zero-order valence-corrected chi connectivity index (χ0v) is 16.1. The summed E-state index contributed by atoms with van der Waals surface area (Å²) < 4.78 is 21.0. The number of esters is 1. The number of rotatable bonds is 13. The van der Waals surface area contributed by atoms with Gasteiger partial charge >= 0.3 is 5.97 Å². The van der Waals surface area contributed by atoms with Crippen LogP contribution >= 0.6 is 0 Å². The van der Waals surface area contributed by atoms with Crippen LogP contribution in [0, 0.1) is 0 Å². The van der Waals surface area contributed by atoms with Gasteiger partial charge in [0.1, 0.15) is 0 Å². The second-order valence-corrected chi connectivity index (χ2v) is 5.96. The van der Waals surface area contributed by atoms with Gasteiger partial charge < -0.3 is 18.9 Å². The van der Waals surface area contributed by atoms with Crippen LogP contribution in [0.3, 0.4) is 0 Å². The number of hydrogen-bond acceptors (Lipinski definition) is 5. The Morgan fingerprint density at radius 3 is 1.92 bits per heavy atom. The van der Waals surface area contributed by atoms with Crippen LogP contribution in [-0.4, -0.2) is 33.9 Å². The first kappa shape index (κ1) is 21.1. The predicted molar refractivity (Wildman–Crippen MR) is 98.8 cm³/mol. The lowest BCUT2D eigenvalue weighted by atomic mass is 10.0. The van der Waals surface area contributed by atoms with Crippen molar-refractivity contribution in [3.63, 3.8) is 0 Å². The maximum absolute atomic E-state index is 11.2. The first-order chi connectivity index (χ1) is 12.2. The Labute approximate surface area is 151 Å². The lowest BCUT2D eigenvalue weighted by Gasteiger charge is -2.14. The summed E-state index contributed by atoms with van der Waals surface area (Å²) in [5.41, 5.74) is 1.19. The molecule has 1 rings (SSSR count). The van der Waals surface area contributed by atoms with Crippen molar-refractivity contribution in [2.45, 2.75) is 58.3 Å². The van der Waals surface area contributed by atoms with E-state index in [4.69, 9.17) is 18.9 Å². The smallest absolute Gasteiger partial charge is 0.305 e. The highest BCUT2D eigenvalue weighted by molar-refractivity contribution is 5.69. The molecule has 0 aliphatic carbocycles. The fourth-order valence-electron chi connectivity index (χ4n) is 2.82. The molecule has 0 radical (unpaired) electrons. The van der Waals surface area contributed by atoms with Crippen LogP contribution in [0.1, 0.15) is 57.4 Å². The summed E-state index contributed by atoms with van der Waals surface area (Å²) in [6, 6.07) is 4.03. The first-order valence-corrected chi connectivity index (χ1v) is 9.10. The minimum Gasteiger partial charge on any atom is -0.493 e. The summed E-state index contributed by atoms with van der Waals surface area (Å²) in [4.78, 5) is 11.2.